The van der Waals surface area contributed by atoms with Crippen LogP contribution in [0.4, 0.5) is 0 Å². The van der Waals surface area contributed by atoms with E-state index >= 15 is 0 Å². The number of carbonyl (C=O) groups excluding carboxylic acids is 2. The van der Waals surface area contributed by atoms with Gasteiger partial charge in [-0.25, -0.2) is 0 Å². The van der Waals surface area contributed by atoms with Gasteiger partial charge in [-0.15, -0.1) is 0 Å². The number of carbonyl (C=O) groups is 2. The summed E-state index contributed by atoms with van der Waals surface area (Å²) in [5.41, 5.74) is 0. The average molecular weight is 337 g/mol. The summed E-state index contributed by atoms with van der Waals surface area (Å²) >= 11 is 0. The van der Waals surface area contributed by atoms with Crippen molar-refractivity contribution < 1.29 is 23.8 Å². The smallest absolute Gasteiger partial charge is 0.307 e. The highest BCUT2D eigenvalue weighted by atomic mass is 16.5. The van der Waals surface area contributed by atoms with Crippen LogP contribution in [0.25, 0.3) is 0 Å². The van der Waals surface area contributed by atoms with E-state index in [9.17, 15) is 9.59 Å². The molecule has 0 saturated heterocycles. The number of rotatable bonds is 12. The van der Waals surface area contributed by atoms with Crippen LogP contribution in [0.3, 0.4) is 0 Å². The van der Waals surface area contributed by atoms with E-state index < -0.39 is 0 Å². The highest BCUT2D eigenvalue weighted by Gasteiger charge is 2.15. The number of hydrogen-bond donors (Lipinski definition) is 0. The van der Waals surface area contributed by atoms with Gasteiger partial charge in [-0.05, 0) is 25.5 Å². The predicted molar refractivity (Wildman–Crippen MR) is 90.9 cm³/mol. The van der Waals surface area contributed by atoms with Crippen molar-refractivity contribution in [1.82, 2.24) is 4.90 Å². The number of amides is 1. The normalized spacial score (nSPS) is 10.2. The Balaban J connectivity index is 2.41. The van der Waals surface area contributed by atoms with Crippen LogP contribution in [0.2, 0.25) is 0 Å². The lowest BCUT2D eigenvalue weighted by Crippen LogP contribution is -2.35. The van der Waals surface area contributed by atoms with Gasteiger partial charge in [-0.2, -0.15) is 0 Å². The molecule has 1 aromatic carbocycles. The van der Waals surface area contributed by atoms with Gasteiger partial charge in [0.15, 0.2) is 0 Å². The molecule has 0 aromatic heterocycles. The van der Waals surface area contributed by atoms with Crippen molar-refractivity contribution in [2.45, 2.75) is 26.2 Å². The first-order valence-electron chi connectivity index (χ1n) is 8.27. The second-order valence-corrected chi connectivity index (χ2v) is 5.19. The molecule has 0 radical (unpaired) electrons. The molecule has 0 N–H and O–H groups in total. The number of nitrogens with zero attached hydrogens (tertiary/aromatic N) is 1. The Morgan fingerprint density at radius 1 is 1.04 bits per heavy atom. The molecule has 0 saturated carbocycles. The lowest BCUT2D eigenvalue weighted by atomic mass is 10.3. The van der Waals surface area contributed by atoms with Crippen LogP contribution in [-0.4, -0.2) is 56.8 Å². The molecule has 1 amide bonds. The molecule has 1 aromatic rings. The van der Waals surface area contributed by atoms with Crippen molar-refractivity contribution in [3.8, 4) is 5.75 Å². The first-order chi connectivity index (χ1) is 11.7. The van der Waals surface area contributed by atoms with Crippen LogP contribution in [0.5, 0.6) is 5.75 Å². The lowest BCUT2D eigenvalue weighted by molar-refractivity contribution is -0.144. The third-order valence-electron chi connectivity index (χ3n) is 3.35. The fourth-order valence-corrected chi connectivity index (χ4v) is 2.15. The van der Waals surface area contributed by atoms with E-state index in [1.807, 2.05) is 30.3 Å². The molecular formula is C18H27NO5. The largest absolute Gasteiger partial charge is 0.493 e. The highest BCUT2D eigenvalue weighted by Crippen LogP contribution is 2.09. The molecule has 6 nitrogen and oxygen atoms in total. The molecule has 0 fully saturated rings. The van der Waals surface area contributed by atoms with Gasteiger partial charge in [-0.1, -0.05) is 18.2 Å². The molecule has 0 unspecified atom stereocenters. The molecule has 24 heavy (non-hydrogen) atoms. The van der Waals surface area contributed by atoms with Crippen LogP contribution in [0.1, 0.15) is 26.2 Å². The van der Waals surface area contributed by atoms with Gasteiger partial charge < -0.3 is 19.1 Å². The third kappa shape index (κ3) is 8.53. The van der Waals surface area contributed by atoms with E-state index in [1.165, 1.54) is 0 Å². The summed E-state index contributed by atoms with van der Waals surface area (Å²) in [6.45, 7) is 3.90. The zero-order valence-corrected chi connectivity index (χ0v) is 14.5. The fourth-order valence-electron chi connectivity index (χ4n) is 2.15. The summed E-state index contributed by atoms with van der Waals surface area (Å²) in [5.74, 6) is 0.414. The molecule has 6 heteroatoms. The summed E-state index contributed by atoms with van der Waals surface area (Å²) in [4.78, 5) is 25.5. The fraction of sp³-hybridized carbons (Fsp3) is 0.556. The number of hydrogen-bond acceptors (Lipinski definition) is 5. The summed E-state index contributed by atoms with van der Waals surface area (Å²) in [6, 6.07) is 9.37. The summed E-state index contributed by atoms with van der Waals surface area (Å²) < 4.78 is 15.5. The Kier molecular flexibility index (Phi) is 10.3. The number of benzene rings is 1. The second kappa shape index (κ2) is 12.4. The van der Waals surface area contributed by atoms with E-state index in [2.05, 4.69) is 0 Å². The van der Waals surface area contributed by atoms with Gasteiger partial charge in [0.1, 0.15) is 5.75 Å². The van der Waals surface area contributed by atoms with Crippen LogP contribution in [0, 0.1) is 0 Å². The Morgan fingerprint density at radius 3 is 2.46 bits per heavy atom. The van der Waals surface area contributed by atoms with Crippen molar-refractivity contribution in [3.05, 3.63) is 30.3 Å². The zero-order valence-electron chi connectivity index (χ0n) is 14.5. The van der Waals surface area contributed by atoms with Crippen molar-refractivity contribution in [2.75, 3.05) is 40.0 Å². The van der Waals surface area contributed by atoms with E-state index in [0.29, 0.717) is 32.9 Å². The summed E-state index contributed by atoms with van der Waals surface area (Å²) in [6.07, 6.45) is 1.20. The van der Waals surface area contributed by atoms with Crippen LogP contribution < -0.4 is 4.74 Å². The Labute approximate surface area is 143 Å². The Bertz CT molecular complexity index is 478. The second-order valence-electron chi connectivity index (χ2n) is 5.19. The van der Waals surface area contributed by atoms with E-state index in [-0.39, 0.29) is 24.7 Å². The van der Waals surface area contributed by atoms with Crippen LogP contribution in [0.15, 0.2) is 30.3 Å². The topological polar surface area (TPSA) is 65.1 Å². The van der Waals surface area contributed by atoms with E-state index in [1.54, 1.807) is 18.9 Å². The summed E-state index contributed by atoms with van der Waals surface area (Å²) in [7, 11) is 1.62. The van der Waals surface area contributed by atoms with E-state index in [0.717, 1.165) is 12.2 Å². The lowest BCUT2D eigenvalue weighted by Gasteiger charge is -2.22. The van der Waals surface area contributed by atoms with Gasteiger partial charge in [0, 0.05) is 26.8 Å². The minimum atomic E-state index is -0.289. The molecule has 0 aliphatic heterocycles. The average Bonchev–Trinajstić information content (AvgIpc) is 2.59. The first-order valence-corrected chi connectivity index (χ1v) is 8.27. The van der Waals surface area contributed by atoms with Crippen molar-refractivity contribution in [2.24, 2.45) is 0 Å². The molecule has 0 aliphatic carbocycles. The molecule has 0 heterocycles. The van der Waals surface area contributed by atoms with Crippen molar-refractivity contribution in [3.63, 3.8) is 0 Å². The quantitative estimate of drug-likeness (QED) is 0.432. The molecular weight excluding hydrogens is 310 g/mol. The molecule has 1 rings (SSSR count). The molecule has 134 valence electrons. The minimum absolute atomic E-state index is 0.0358. The molecule has 0 spiro atoms. The maximum absolute atomic E-state index is 12.4. The maximum Gasteiger partial charge on any atom is 0.307 e. The first kappa shape index (κ1) is 20.0. The zero-order chi connectivity index (χ0) is 17.6. The standard InChI is InChI=1S/C18H27NO5/c1-3-23-18(21)10-13-19(12-7-14-22-2)17(20)11-15-24-16-8-5-4-6-9-16/h4-6,8-9H,3,7,10-15H2,1-2H3. The van der Waals surface area contributed by atoms with Crippen LogP contribution in [-0.2, 0) is 19.1 Å². The minimum Gasteiger partial charge on any atom is -0.493 e. The van der Waals surface area contributed by atoms with Gasteiger partial charge in [0.25, 0.3) is 0 Å². The van der Waals surface area contributed by atoms with Crippen molar-refractivity contribution in [1.29, 1.82) is 0 Å². The monoisotopic (exact) mass is 337 g/mol. The highest BCUT2D eigenvalue weighted by molar-refractivity contribution is 5.77. The third-order valence-corrected chi connectivity index (χ3v) is 3.35. The number of esters is 1. The number of methoxy groups -OCH3 is 1. The SMILES string of the molecule is CCOC(=O)CCN(CCCOC)C(=O)CCOc1ccccc1. The number of para-hydroxylation sites is 1. The number of ether oxygens (including phenoxy) is 3. The molecule has 0 aliphatic rings. The van der Waals surface area contributed by atoms with Crippen molar-refractivity contribution >= 4 is 11.9 Å². The Hall–Kier alpha value is -2.08. The van der Waals surface area contributed by atoms with Gasteiger partial charge in [-0.3, -0.25) is 9.59 Å². The molecule has 0 atom stereocenters. The van der Waals surface area contributed by atoms with Gasteiger partial charge in [0.2, 0.25) is 5.91 Å². The maximum atomic E-state index is 12.4. The summed E-state index contributed by atoms with van der Waals surface area (Å²) in [5, 5.41) is 0. The van der Waals surface area contributed by atoms with Crippen LogP contribution >= 0.6 is 0 Å². The van der Waals surface area contributed by atoms with E-state index in [4.69, 9.17) is 14.2 Å². The van der Waals surface area contributed by atoms with Gasteiger partial charge in [0.05, 0.1) is 26.1 Å². The predicted octanol–water partition coefficient (Wildman–Crippen LogP) is 2.27. The van der Waals surface area contributed by atoms with Gasteiger partial charge >= 0.3 is 5.97 Å². The Morgan fingerprint density at radius 2 is 1.79 bits per heavy atom. The molecule has 0 bridgehead atoms.